The second kappa shape index (κ2) is 8.61. The van der Waals surface area contributed by atoms with Crippen molar-refractivity contribution in [2.24, 2.45) is 0 Å². The van der Waals surface area contributed by atoms with E-state index in [1.807, 2.05) is 73.7 Å². The third-order valence-corrected chi connectivity index (χ3v) is 5.10. The first-order chi connectivity index (χ1) is 14.5. The number of nitrogens with zero attached hydrogens (tertiary/aromatic N) is 3. The number of carbonyl (C=O) groups excluding carboxylic acids is 1. The molecule has 4 aromatic rings. The second-order valence-corrected chi connectivity index (χ2v) is 7.61. The Kier molecular flexibility index (Phi) is 5.74. The summed E-state index contributed by atoms with van der Waals surface area (Å²) >= 11 is 11.5. The number of benzene rings is 3. The lowest BCUT2D eigenvalue weighted by molar-refractivity contribution is -0.119. The van der Waals surface area contributed by atoms with Crippen molar-refractivity contribution in [3.63, 3.8) is 0 Å². The molecule has 2 N–H and O–H groups in total. The van der Waals surface area contributed by atoms with E-state index in [4.69, 9.17) is 23.8 Å². The molecule has 4 rings (SSSR count). The molecule has 1 aromatic heterocycles. The summed E-state index contributed by atoms with van der Waals surface area (Å²) in [7, 11) is 0. The summed E-state index contributed by atoms with van der Waals surface area (Å²) in [5, 5.41) is 15.6. The van der Waals surface area contributed by atoms with Gasteiger partial charge in [0.2, 0.25) is 5.91 Å². The molecule has 3 aromatic carbocycles. The number of aromatic nitrogens is 3. The van der Waals surface area contributed by atoms with Crippen LogP contribution in [0.3, 0.4) is 0 Å². The average molecular weight is 436 g/mol. The summed E-state index contributed by atoms with van der Waals surface area (Å²) in [4.78, 5) is 13.7. The quantitative estimate of drug-likeness (QED) is 0.464. The second-order valence-electron chi connectivity index (χ2n) is 6.79. The van der Waals surface area contributed by atoms with Gasteiger partial charge in [0.15, 0.2) is 5.11 Å². The fraction of sp³-hybridized carbons (Fsp3) is 0.0909. The van der Waals surface area contributed by atoms with Gasteiger partial charge in [0.1, 0.15) is 11.0 Å². The number of amides is 1. The maximum atomic E-state index is 12.2. The van der Waals surface area contributed by atoms with E-state index in [-0.39, 0.29) is 17.4 Å². The monoisotopic (exact) mass is 435 g/mol. The Labute approximate surface area is 183 Å². The molecule has 150 valence electrons. The Morgan fingerprint density at radius 2 is 1.80 bits per heavy atom. The van der Waals surface area contributed by atoms with Gasteiger partial charge in [-0.25, -0.2) is 0 Å². The SMILES string of the molecule is Cc1ccc(-n2nc3ccc(NC(=S)NC(=O)Cc4ccccc4)cc3n2)cc1Cl. The molecule has 8 heteroatoms. The Hall–Kier alpha value is -3.29. The van der Waals surface area contributed by atoms with Crippen LogP contribution in [-0.4, -0.2) is 26.0 Å². The fourth-order valence-corrected chi connectivity index (χ4v) is 3.33. The molecular formula is C22H18ClN5OS. The lowest BCUT2D eigenvalue weighted by atomic mass is 10.1. The lowest BCUT2D eigenvalue weighted by Crippen LogP contribution is -2.35. The van der Waals surface area contributed by atoms with E-state index in [0.717, 1.165) is 22.3 Å². The summed E-state index contributed by atoms with van der Waals surface area (Å²) < 4.78 is 0. The number of thiocarbonyl (C=S) groups is 1. The van der Waals surface area contributed by atoms with Crippen LogP contribution in [0.4, 0.5) is 5.69 Å². The highest BCUT2D eigenvalue weighted by Gasteiger charge is 2.09. The summed E-state index contributed by atoms with van der Waals surface area (Å²) in [6.07, 6.45) is 0.259. The predicted octanol–water partition coefficient (Wildman–Crippen LogP) is 4.44. The van der Waals surface area contributed by atoms with Crippen LogP contribution in [0, 0.1) is 6.92 Å². The minimum absolute atomic E-state index is 0.179. The van der Waals surface area contributed by atoms with E-state index in [2.05, 4.69) is 20.8 Å². The first-order valence-corrected chi connectivity index (χ1v) is 10.0. The number of hydrogen-bond donors (Lipinski definition) is 2. The molecule has 0 spiro atoms. The molecule has 0 atom stereocenters. The number of hydrogen-bond acceptors (Lipinski definition) is 4. The molecule has 1 amide bonds. The van der Waals surface area contributed by atoms with Crippen molar-refractivity contribution in [1.82, 2.24) is 20.3 Å². The molecule has 6 nitrogen and oxygen atoms in total. The van der Waals surface area contributed by atoms with Gasteiger partial charge in [-0.3, -0.25) is 4.79 Å². The van der Waals surface area contributed by atoms with Gasteiger partial charge >= 0.3 is 0 Å². The van der Waals surface area contributed by atoms with E-state index in [0.29, 0.717) is 16.2 Å². The summed E-state index contributed by atoms with van der Waals surface area (Å²) in [5.74, 6) is -0.179. The van der Waals surface area contributed by atoms with Crippen molar-refractivity contribution < 1.29 is 4.79 Å². The van der Waals surface area contributed by atoms with Gasteiger partial charge in [-0.1, -0.05) is 48.0 Å². The normalized spacial score (nSPS) is 10.7. The fourth-order valence-electron chi connectivity index (χ4n) is 2.93. The standard InChI is InChI=1S/C22H18ClN5OS/c1-14-7-9-17(13-18(14)23)28-26-19-10-8-16(12-20(19)27-28)24-22(30)25-21(29)11-15-5-3-2-4-6-15/h2-10,12-13H,11H2,1H3,(H2,24,25,29,30). The number of fused-ring (bicyclic) bond motifs is 1. The molecule has 30 heavy (non-hydrogen) atoms. The highest BCUT2D eigenvalue weighted by molar-refractivity contribution is 7.80. The maximum absolute atomic E-state index is 12.2. The Morgan fingerprint density at radius 3 is 2.57 bits per heavy atom. The molecule has 0 radical (unpaired) electrons. The van der Waals surface area contributed by atoms with Crippen LogP contribution in [0.15, 0.2) is 66.7 Å². The molecule has 1 heterocycles. The molecule has 0 unspecified atom stereocenters. The highest BCUT2D eigenvalue weighted by Crippen LogP contribution is 2.21. The van der Waals surface area contributed by atoms with Gasteiger partial charge < -0.3 is 10.6 Å². The Balaban J connectivity index is 1.45. The van der Waals surface area contributed by atoms with E-state index in [1.165, 1.54) is 0 Å². The minimum Gasteiger partial charge on any atom is -0.332 e. The van der Waals surface area contributed by atoms with E-state index in [9.17, 15) is 4.79 Å². The van der Waals surface area contributed by atoms with Crippen molar-refractivity contribution in [3.05, 3.63) is 82.9 Å². The van der Waals surface area contributed by atoms with E-state index in [1.54, 1.807) is 4.80 Å². The van der Waals surface area contributed by atoms with Gasteiger partial charge in [0.25, 0.3) is 0 Å². The summed E-state index contributed by atoms with van der Waals surface area (Å²) in [6, 6.07) is 20.7. The highest BCUT2D eigenvalue weighted by atomic mass is 35.5. The molecule has 0 aliphatic rings. The Bertz CT molecular complexity index is 1240. The molecule has 0 saturated heterocycles. The van der Waals surface area contributed by atoms with Crippen LogP contribution in [0.2, 0.25) is 5.02 Å². The number of carbonyl (C=O) groups is 1. The van der Waals surface area contributed by atoms with Crippen LogP contribution in [0.5, 0.6) is 0 Å². The first kappa shape index (κ1) is 20.0. The zero-order valence-electron chi connectivity index (χ0n) is 16.1. The van der Waals surface area contributed by atoms with Crippen molar-refractivity contribution in [3.8, 4) is 5.69 Å². The molecule has 0 fully saturated rings. The molecule has 0 saturated carbocycles. The third kappa shape index (κ3) is 4.64. The number of nitrogens with one attached hydrogen (secondary N) is 2. The van der Waals surface area contributed by atoms with Crippen molar-refractivity contribution >= 4 is 51.6 Å². The van der Waals surface area contributed by atoms with Crippen molar-refractivity contribution in [2.45, 2.75) is 13.3 Å². The molecule has 0 aliphatic carbocycles. The van der Waals surface area contributed by atoms with Gasteiger partial charge in [-0.05, 0) is 60.6 Å². The van der Waals surface area contributed by atoms with Gasteiger partial charge in [-0.15, -0.1) is 10.2 Å². The van der Waals surface area contributed by atoms with Gasteiger partial charge in [-0.2, -0.15) is 4.80 Å². The van der Waals surface area contributed by atoms with Crippen LogP contribution in [-0.2, 0) is 11.2 Å². The number of halogens is 1. The lowest BCUT2D eigenvalue weighted by Gasteiger charge is -2.09. The summed E-state index contributed by atoms with van der Waals surface area (Å²) in [6.45, 7) is 1.94. The Morgan fingerprint density at radius 1 is 1.03 bits per heavy atom. The third-order valence-electron chi connectivity index (χ3n) is 4.49. The smallest absolute Gasteiger partial charge is 0.230 e. The van der Waals surface area contributed by atoms with E-state index < -0.39 is 0 Å². The largest absolute Gasteiger partial charge is 0.332 e. The van der Waals surface area contributed by atoms with Gasteiger partial charge in [0.05, 0.1) is 12.1 Å². The topological polar surface area (TPSA) is 71.8 Å². The number of aryl methyl sites for hydroxylation is 1. The van der Waals surface area contributed by atoms with Crippen LogP contribution in [0.1, 0.15) is 11.1 Å². The minimum atomic E-state index is -0.179. The van der Waals surface area contributed by atoms with Crippen LogP contribution >= 0.6 is 23.8 Å². The van der Waals surface area contributed by atoms with Crippen LogP contribution < -0.4 is 10.6 Å². The predicted molar refractivity (Wildman–Crippen MR) is 123 cm³/mol. The maximum Gasteiger partial charge on any atom is 0.230 e. The number of rotatable bonds is 4. The van der Waals surface area contributed by atoms with Crippen molar-refractivity contribution in [2.75, 3.05) is 5.32 Å². The number of anilines is 1. The van der Waals surface area contributed by atoms with Crippen molar-refractivity contribution in [1.29, 1.82) is 0 Å². The molecule has 0 aliphatic heterocycles. The zero-order valence-corrected chi connectivity index (χ0v) is 17.7. The molecular weight excluding hydrogens is 418 g/mol. The summed E-state index contributed by atoms with van der Waals surface area (Å²) in [5.41, 5.74) is 4.83. The zero-order chi connectivity index (χ0) is 21.1. The first-order valence-electron chi connectivity index (χ1n) is 9.26. The van der Waals surface area contributed by atoms with E-state index >= 15 is 0 Å². The van der Waals surface area contributed by atoms with Crippen LogP contribution in [0.25, 0.3) is 16.7 Å². The average Bonchev–Trinajstić information content (AvgIpc) is 3.14. The molecule has 0 bridgehead atoms. The van der Waals surface area contributed by atoms with Gasteiger partial charge in [0, 0.05) is 10.7 Å².